The first kappa shape index (κ1) is 14.5. The van der Waals surface area contributed by atoms with Gasteiger partial charge in [-0.1, -0.05) is 0 Å². The van der Waals surface area contributed by atoms with E-state index < -0.39 is 29.3 Å². The molecule has 6 nitrogen and oxygen atoms in total. The van der Waals surface area contributed by atoms with Crippen LogP contribution in [0.15, 0.2) is 21.9 Å². The summed E-state index contributed by atoms with van der Waals surface area (Å²) in [6, 6.07) is 1.43. The predicted octanol–water partition coefficient (Wildman–Crippen LogP) is 1.49. The van der Waals surface area contributed by atoms with Crippen LogP contribution in [-0.4, -0.2) is 26.3 Å². The zero-order chi connectivity index (χ0) is 16.1. The largest absolute Gasteiger partial charge is 0.392 e. The van der Waals surface area contributed by atoms with E-state index in [-0.39, 0.29) is 17.7 Å². The molecule has 1 aliphatic rings. The molecule has 1 saturated carbocycles. The Kier molecular flexibility index (Phi) is 3.15. The summed E-state index contributed by atoms with van der Waals surface area (Å²) in [6.45, 7) is 1.58. The van der Waals surface area contributed by atoms with E-state index in [9.17, 15) is 22.8 Å². The van der Waals surface area contributed by atoms with E-state index in [1.807, 2.05) is 4.98 Å². The summed E-state index contributed by atoms with van der Waals surface area (Å²) in [7, 11) is 0. The van der Waals surface area contributed by atoms with Crippen LogP contribution in [0.2, 0.25) is 0 Å². The number of rotatable bonds is 2. The normalized spacial score (nSPS) is 20.9. The second-order valence-corrected chi connectivity index (χ2v) is 5.25. The highest BCUT2D eigenvalue weighted by molar-refractivity contribution is 5.57. The Hall–Kier alpha value is -2.45. The lowest BCUT2D eigenvalue weighted by molar-refractivity contribution is -0.148. The number of H-pyrrole nitrogens is 2. The van der Waals surface area contributed by atoms with Gasteiger partial charge < -0.3 is 4.98 Å². The van der Waals surface area contributed by atoms with Crippen LogP contribution in [0.25, 0.3) is 11.3 Å². The highest BCUT2D eigenvalue weighted by atomic mass is 19.4. The third-order valence-electron chi connectivity index (χ3n) is 3.72. The number of aromatic nitrogens is 4. The monoisotopic (exact) mass is 312 g/mol. The van der Waals surface area contributed by atoms with Gasteiger partial charge in [-0.05, 0) is 30.9 Å². The average molecular weight is 312 g/mol. The lowest BCUT2D eigenvalue weighted by Crippen LogP contribution is -2.23. The molecule has 0 spiro atoms. The van der Waals surface area contributed by atoms with Crippen LogP contribution < -0.4 is 11.2 Å². The van der Waals surface area contributed by atoms with Gasteiger partial charge in [0.1, 0.15) is 5.69 Å². The van der Waals surface area contributed by atoms with E-state index in [2.05, 4.69) is 15.2 Å². The minimum absolute atomic E-state index is 0.0114. The minimum atomic E-state index is -4.24. The fourth-order valence-corrected chi connectivity index (χ4v) is 2.47. The van der Waals surface area contributed by atoms with E-state index in [4.69, 9.17) is 0 Å². The molecule has 22 heavy (non-hydrogen) atoms. The second kappa shape index (κ2) is 4.79. The number of nitrogens with zero attached hydrogens (tertiary/aromatic N) is 2. The van der Waals surface area contributed by atoms with Crippen LogP contribution in [0.3, 0.4) is 0 Å². The van der Waals surface area contributed by atoms with Crippen molar-refractivity contribution in [2.24, 2.45) is 5.92 Å². The van der Waals surface area contributed by atoms with Crippen LogP contribution in [-0.2, 0) is 0 Å². The quantitative estimate of drug-likeness (QED) is 0.879. The molecular weight excluding hydrogens is 301 g/mol. The maximum absolute atomic E-state index is 12.7. The highest BCUT2D eigenvalue weighted by Gasteiger charge is 2.56. The summed E-state index contributed by atoms with van der Waals surface area (Å²) in [5.74, 6) is -2.03. The highest BCUT2D eigenvalue weighted by Crippen LogP contribution is 2.56. The standard InChI is InChI=1S/C13H11F3N4O2/c1-5-6(7-2-9(7)13(14,15)16)3-10(20-19-5)8-4-17-12(22)18-11(8)21/h3-4,7,9H,2H2,1H3,(H2,17,18,21,22)/t7-,9+/m0/s1. The fraction of sp³-hybridized carbons (Fsp3) is 0.385. The van der Waals surface area contributed by atoms with Crippen LogP contribution in [0.5, 0.6) is 0 Å². The van der Waals surface area contributed by atoms with Crippen LogP contribution >= 0.6 is 0 Å². The SMILES string of the molecule is Cc1nnc(-c2c[nH]c(=O)[nH]c2=O)cc1[C@@H]1C[C@H]1C(F)(F)F. The van der Waals surface area contributed by atoms with Crippen molar-refractivity contribution < 1.29 is 13.2 Å². The predicted molar refractivity (Wildman–Crippen MR) is 70.3 cm³/mol. The molecular formula is C13H11F3N4O2. The smallest absolute Gasteiger partial charge is 0.313 e. The molecule has 0 aliphatic heterocycles. The maximum atomic E-state index is 12.7. The zero-order valence-electron chi connectivity index (χ0n) is 11.4. The maximum Gasteiger partial charge on any atom is 0.392 e. The van der Waals surface area contributed by atoms with Crippen LogP contribution in [0.1, 0.15) is 23.6 Å². The zero-order valence-corrected chi connectivity index (χ0v) is 11.4. The van der Waals surface area contributed by atoms with E-state index in [0.29, 0.717) is 11.3 Å². The summed E-state index contributed by atoms with van der Waals surface area (Å²) in [5.41, 5.74) is -0.327. The molecule has 116 valence electrons. The Bertz CT molecular complexity index is 840. The van der Waals surface area contributed by atoms with Crippen molar-refractivity contribution in [2.45, 2.75) is 25.4 Å². The lowest BCUT2D eigenvalue weighted by atomic mass is 10.1. The van der Waals surface area contributed by atoms with Gasteiger partial charge in [0, 0.05) is 6.20 Å². The molecule has 1 fully saturated rings. The van der Waals surface area contributed by atoms with Gasteiger partial charge in [-0.15, -0.1) is 5.10 Å². The summed E-state index contributed by atoms with van der Waals surface area (Å²) in [4.78, 5) is 27.0. The van der Waals surface area contributed by atoms with Crippen molar-refractivity contribution in [1.29, 1.82) is 0 Å². The van der Waals surface area contributed by atoms with Crippen molar-refractivity contribution in [3.05, 3.63) is 44.4 Å². The van der Waals surface area contributed by atoms with Gasteiger partial charge in [0.2, 0.25) is 0 Å². The molecule has 0 bridgehead atoms. The lowest BCUT2D eigenvalue weighted by Gasteiger charge is -2.08. The summed E-state index contributed by atoms with van der Waals surface area (Å²) in [5, 5.41) is 7.66. The molecule has 2 N–H and O–H groups in total. The number of alkyl halides is 3. The number of aromatic amines is 2. The Balaban J connectivity index is 2.01. The first-order valence-corrected chi connectivity index (χ1v) is 6.50. The number of aryl methyl sites for hydroxylation is 1. The molecule has 9 heteroatoms. The summed E-state index contributed by atoms with van der Waals surface area (Å²) < 4.78 is 38.1. The molecule has 0 aromatic carbocycles. The number of hydrogen-bond donors (Lipinski definition) is 2. The van der Waals surface area contributed by atoms with Crippen LogP contribution in [0, 0.1) is 12.8 Å². The van der Waals surface area contributed by atoms with Gasteiger partial charge in [-0.3, -0.25) is 9.78 Å². The van der Waals surface area contributed by atoms with Crippen molar-refractivity contribution in [3.63, 3.8) is 0 Å². The van der Waals surface area contributed by atoms with E-state index in [1.165, 1.54) is 12.3 Å². The van der Waals surface area contributed by atoms with Crippen molar-refractivity contribution in [2.75, 3.05) is 0 Å². The molecule has 0 radical (unpaired) electrons. The van der Waals surface area contributed by atoms with Gasteiger partial charge in [-0.2, -0.15) is 18.3 Å². The first-order chi connectivity index (χ1) is 10.3. The third-order valence-corrected chi connectivity index (χ3v) is 3.72. The van der Waals surface area contributed by atoms with Crippen molar-refractivity contribution in [1.82, 2.24) is 20.2 Å². The number of nitrogens with one attached hydrogen (secondary N) is 2. The molecule has 2 atom stereocenters. The Morgan fingerprint density at radius 2 is 2.00 bits per heavy atom. The Morgan fingerprint density at radius 1 is 1.27 bits per heavy atom. The van der Waals surface area contributed by atoms with Gasteiger partial charge in [0.05, 0.1) is 17.2 Å². The topological polar surface area (TPSA) is 91.5 Å². The molecule has 2 aromatic heterocycles. The van der Waals surface area contributed by atoms with Gasteiger partial charge >= 0.3 is 11.9 Å². The molecule has 1 aliphatic carbocycles. The molecule has 3 rings (SSSR count). The Labute approximate surface area is 121 Å². The molecule has 0 amide bonds. The first-order valence-electron chi connectivity index (χ1n) is 6.50. The molecule has 2 heterocycles. The van der Waals surface area contributed by atoms with E-state index >= 15 is 0 Å². The third kappa shape index (κ3) is 2.53. The summed E-state index contributed by atoms with van der Waals surface area (Å²) in [6.07, 6.45) is -3.06. The fourth-order valence-electron chi connectivity index (χ4n) is 2.47. The average Bonchev–Trinajstić information content (AvgIpc) is 3.20. The second-order valence-electron chi connectivity index (χ2n) is 5.25. The number of halogens is 3. The van der Waals surface area contributed by atoms with Gasteiger partial charge in [-0.25, -0.2) is 4.79 Å². The van der Waals surface area contributed by atoms with E-state index in [1.54, 1.807) is 6.92 Å². The molecule has 2 aromatic rings. The van der Waals surface area contributed by atoms with E-state index in [0.717, 1.165) is 0 Å². The molecule has 0 saturated heterocycles. The molecule has 0 unspecified atom stereocenters. The number of hydrogen-bond acceptors (Lipinski definition) is 4. The summed E-state index contributed by atoms with van der Waals surface area (Å²) >= 11 is 0. The van der Waals surface area contributed by atoms with Crippen molar-refractivity contribution in [3.8, 4) is 11.3 Å². The minimum Gasteiger partial charge on any atom is -0.313 e. The van der Waals surface area contributed by atoms with Crippen LogP contribution in [0.4, 0.5) is 13.2 Å². The van der Waals surface area contributed by atoms with Gasteiger partial charge in [0.25, 0.3) is 5.56 Å². The Morgan fingerprint density at radius 3 is 2.59 bits per heavy atom. The van der Waals surface area contributed by atoms with Crippen molar-refractivity contribution >= 4 is 0 Å². The van der Waals surface area contributed by atoms with Gasteiger partial charge in [0.15, 0.2) is 0 Å².